The van der Waals surface area contributed by atoms with Gasteiger partial charge in [0.1, 0.15) is 0 Å². The number of carbonyl (C=O) groups excluding carboxylic acids is 2. The van der Waals surface area contributed by atoms with Crippen molar-refractivity contribution < 1.29 is 14.7 Å². The molecule has 1 amide bonds. The first kappa shape index (κ1) is 9.94. The van der Waals surface area contributed by atoms with Crippen LogP contribution in [0.4, 0.5) is 0 Å². The Morgan fingerprint density at radius 1 is 1.64 bits per heavy atom. The van der Waals surface area contributed by atoms with Gasteiger partial charge < -0.3 is 15.2 Å². The summed E-state index contributed by atoms with van der Waals surface area (Å²) in [5.41, 5.74) is 0. The van der Waals surface area contributed by atoms with Crippen molar-refractivity contribution in [1.82, 2.24) is 5.32 Å². The lowest BCUT2D eigenvalue weighted by Gasteiger charge is -2.18. The molecule has 4 nitrogen and oxygen atoms in total. The van der Waals surface area contributed by atoms with Crippen LogP contribution in [-0.4, -0.2) is 18.4 Å². The van der Waals surface area contributed by atoms with Crippen LogP contribution in [0.15, 0.2) is 0 Å². The van der Waals surface area contributed by atoms with Gasteiger partial charge in [0.15, 0.2) is 0 Å². The highest BCUT2D eigenvalue weighted by molar-refractivity contribution is 5.74. The van der Waals surface area contributed by atoms with E-state index >= 15 is 0 Å². The van der Waals surface area contributed by atoms with Gasteiger partial charge in [0.05, 0.1) is 12.0 Å². The highest BCUT2D eigenvalue weighted by atomic mass is 16.4. The Kier molecular flexibility index (Phi) is 4.26. The molecule has 11 heavy (non-hydrogen) atoms. The fourth-order valence-electron chi connectivity index (χ4n) is 0.786. The molecule has 0 aromatic carbocycles. The lowest BCUT2D eigenvalue weighted by atomic mass is 10.0. The number of aliphatic carboxylic acids is 1. The molecule has 0 aromatic rings. The summed E-state index contributed by atoms with van der Waals surface area (Å²) in [6.45, 7) is 3.75. The zero-order valence-corrected chi connectivity index (χ0v) is 6.66. The fourth-order valence-corrected chi connectivity index (χ4v) is 0.786. The SMILES string of the molecule is CC(C)C[C@@H](NC=O)C(=O)[O-]. The Bertz CT molecular complexity index is 145. The number of carbonyl (C=O) groups is 2. The summed E-state index contributed by atoms with van der Waals surface area (Å²) in [5, 5.41) is 12.5. The van der Waals surface area contributed by atoms with Crippen LogP contribution in [0, 0.1) is 5.92 Å². The van der Waals surface area contributed by atoms with E-state index in [4.69, 9.17) is 0 Å². The van der Waals surface area contributed by atoms with Gasteiger partial charge in [-0.3, -0.25) is 4.79 Å². The van der Waals surface area contributed by atoms with Crippen molar-refractivity contribution in [2.45, 2.75) is 26.3 Å². The molecular weight excluding hydrogens is 146 g/mol. The van der Waals surface area contributed by atoms with Crippen LogP contribution in [-0.2, 0) is 9.59 Å². The molecule has 0 aliphatic heterocycles. The molecule has 64 valence electrons. The normalized spacial score (nSPS) is 12.6. The molecule has 0 aliphatic carbocycles. The number of rotatable bonds is 5. The Morgan fingerprint density at radius 2 is 2.18 bits per heavy atom. The second-order valence-corrected chi connectivity index (χ2v) is 2.79. The zero-order chi connectivity index (χ0) is 8.85. The van der Waals surface area contributed by atoms with E-state index in [9.17, 15) is 14.7 Å². The first-order chi connectivity index (χ1) is 5.07. The van der Waals surface area contributed by atoms with Gasteiger partial charge in [0, 0.05) is 0 Å². The Hall–Kier alpha value is -1.06. The minimum Gasteiger partial charge on any atom is -0.548 e. The van der Waals surface area contributed by atoms with Gasteiger partial charge >= 0.3 is 0 Å². The average Bonchev–Trinajstić information content (AvgIpc) is 1.86. The summed E-state index contributed by atoms with van der Waals surface area (Å²) in [5.74, 6) is -1.00. The molecular formula is C7H12NO3-. The first-order valence-corrected chi connectivity index (χ1v) is 3.48. The fraction of sp³-hybridized carbons (Fsp3) is 0.714. The molecule has 0 unspecified atom stereocenters. The van der Waals surface area contributed by atoms with E-state index in [0.29, 0.717) is 12.8 Å². The topological polar surface area (TPSA) is 69.2 Å². The number of hydrogen-bond donors (Lipinski definition) is 1. The summed E-state index contributed by atoms with van der Waals surface area (Å²) in [6.07, 6.45) is 0.782. The summed E-state index contributed by atoms with van der Waals surface area (Å²) in [4.78, 5) is 20.2. The van der Waals surface area contributed by atoms with Crippen LogP contribution in [0.2, 0.25) is 0 Å². The third-order valence-electron chi connectivity index (χ3n) is 1.26. The van der Waals surface area contributed by atoms with Gasteiger partial charge in [0.25, 0.3) is 0 Å². The molecule has 4 heteroatoms. The first-order valence-electron chi connectivity index (χ1n) is 3.48. The number of carboxylic acid groups (broad SMARTS) is 1. The number of carboxylic acids is 1. The maximum Gasteiger partial charge on any atom is 0.207 e. The van der Waals surface area contributed by atoms with E-state index in [-0.39, 0.29) is 5.92 Å². The number of amides is 1. The predicted molar refractivity (Wildman–Crippen MR) is 37.4 cm³/mol. The van der Waals surface area contributed by atoms with Gasteiger partial charge in [-0.05, 0) is 12.3 Å². The van der Waals surface area contributed by atoms with Gasteiger partial charge in [-0.25, -0.2) is 0 Å². The van der Waals surface area contributed by atoms with Crippen LogP contribution in [0.25, 0.3) is 0 Å². The molecule has 0 rings (SSSR count). The van der Waals surface area contributed by atoms with Crippen molar-refractivity contribution in [2.24, 2.45) is 5.92 Å². The summed E-state index contributed by atoms with van der Waals surface area (Å²) in [7, 11) is 0. The molecule has 0 saturated carbocycles. The van der Waals surface area contributed by atoms with Crippen LogP contribution < -0.4 is 10.4 Å². The molecule has 0 radical (unpaired) electrons. The van der Waals surface area contributed by atoms with E-state index in [1.165, 1.54) is 0 Å². The predicted octanol–water partition coefficient (Wildman–Crippen LogP) is -1.10. The Morgan fingerprint density at radius 3 is 2.45 bits per heavy atom. The van der Waals surface area contributed by atoms with E-state index < -0.39 is 12.0 Å². The van der Waals surface area contributed by atoms with Crippen molar-refractivity contribution in [3.63, 3.8) is 0 Å². The molecule has 0 spiro atoms. The summed E-state index contributed by atoms with van der Waals surface area (Å²) >= 11 is 0. The van der Waals surface area contributed by atoms with Crippen molar-refractivity contribution in [2.75, 3.05) is 0 Å². The summed E-state index contributed by atoms with van der Waals surface area (Å²) < 4.78 is 0. The third-order valence-corrected chi connectivity index (χ3v) is 1.26. The minimum absolute atomic E-state index is 0.227. The van der Waals surface area contributed by atoms with Gasteiger partial charge in [0.2, 0.25) is 6.41 Å². The highest BCUT2D eigenvalue weighted by Gasteiger charge is 2.09. The van der Waals surface area contributed by atoms with Crippen molar-refractivity contribution in [3.8, 4) is 0 Å². The monoisotopic (exact) mass is 158 g/mol. The summed E-state index contributed by atoms with van der Waals surface area (Å²) in [6, 6.07) is -0.854. The molecule has 1 N–H and O–H groups in total. The maximum absolute atomic E-state index is 10.3. The second kappa shape index (κ2) is 4.71. The van der Waals surface area contributed by atoms with Crippen molar-refractivity contribution in [3.05, 3.63) is 0 Å². The quantitative estimate of drug-likeness (QED) is 0.516. The molecule has 0 saturated heterocycles. The molecule has 0 fully saturated rings. The van der Waals surface area contributed by atoms with E-state index in [0.717, 1.165) is 0 Å². The average molecular weight is 158 g/mol. The molecule has 0 aliphatic rings. The molecule has 1 atom stereocenters. The standard InChI is InChI=1S/C7H13NO3/c1-5(2)3-6(7(10)11)8-4-9/h4-6H,3H2,1-2H3,(H,8,9)(H,10,11)/p-1/t6-/m1/s1. The molecule has 0 aromatic heterocycles. The lowest BCUT2D eigenvalue weighted by molar-refractivity contribution is -0.308. The minimum atomic E-state index is -1.23. The lowest BCUT2D eigenvalue weighted by Crippen LogP contribution is -2.45. The molecule has 0 heterocycles. The smallest absolute Gasteiger partial charge is 0.207 e. The van der Waals surface area contributed by atoms with Crippen LogP contribution in [0.3, 0.4) is 0 Å². The Balaban J connectivity index is 3.88. The van der Waals surface area contributed by atoms with Crippen LogP contribution in [0.1, 0.15) is 20.3 Å². The second-order valence-electron chi connectivity index (χ2n) is 2.79. The van der Waals surface area contributed by atoms with E-state index in [1.807, 2.05) is 13.8 Å². The van der Waals surface area contributed by atoms with Gasteiger partial charge in [-0.2, -0.15) is 0 Å². The largest absolute Gasteiger partial charge is 0.548 e. The van der Waals surface area contributed by atoms with Gasteiger partial charge in [-0.1, -0.05) is 13.8 Å². The van der Waals surface area contributed by atoms with Crippen molar-refractivity contribution >= 4 is 12.4 Å². The zero-order valence-electron chi connectivity index (χ0n) is 6.66. The number of hydrogen-bond acceptors (Lipinski definition) is 3. The van der Waals surface area contributed by atoms with Crippen LogP contribution in [0.5, 0.6) is 0 Å². The van der Waals surface area contributed by atoms with Gasteiger partial charge in [-0.15, -0.1) is 0 Å². The highest BCUT2D eigenvalue weighted by Crippen LogP contribution is 2.02. The molecule has 0 bridgehead atoms. The third kappa shape index (κ3) is 4.36. The van der Waals surface area contributed by atoms with E-state index in [2.05, 4.69) is 5.32 Å². The Labute approximate surface area is 65.6 Å². The van der Waals surface area contributed by atoms with E-state index in [1.54, 1.807) is 0 Å². The number of nitrogens with one attached hydrogen (secondary N) is 1. The maximum atomic E-state index is 10.3. The van der Waals surface area contributed by atoms with Crippen LogP contribution >= 0.6 is 0 Å². The van der Waals surface area contributed by atoms with Crippen molar-refractivity contribution in [1.29, 1.82) is 0 Å².